The van der Waals surface area contributed by atoms with E-state index in [4.69, 9.17) is 16.3 Å². The highest BCUT2D eigenvalue weighted by atomic mass is 35.5. The van der Waals surface area contributed by atoms with Crippen LogP contribution in [0.3, 0.4) is 0 Å². The number of amides is 2. The Kier molecular flexibility index (Phi) is 11.2. The Morgan fingerprint density at radius 2 is 1.92 bits per heavy atom. The minimum Gasteiger partial charge on any atom is -0.447 e. The molecule has 2 N–H and O–H groups in total. The number of nitrogens with zero attached hydrogens (tertiary/aromatic N) is 2. The lowest BCUT2D eigenvalue weighted by molar-refractivity contribution is -0.132. The van der Waals surface area contributed by atoms with Gasteiger partial charge in [0.05, 0.1) is 12.6 Å². The molecule has 7 nitrogen and oxygen atoms in total. The fraction of sp³-hybridized carbons (Fsp3) is 0.370. The van der Waals surface area contributed by atoms with E-state index in [0.717, 1.165) is 5.56 Å². The largest absolute Gasteiger partial charge is 0.447 e. The average Bonchev–Trinajstić information content (AvgIpc) is 2.88. The van der Waals surface area contributed by atoms with E-state index in [1.165, 1.54) is 29.3 Å². The first-order valence-corrected chi connectivity index (χ1v) is 12.6. The molecule has 1 atom stereocenters. The molecular formula is C27H30ClF3N4O3. The molecule has 204 valence electrons. The van der Waals surface area contributed by atoms with Crippen LogP contribution in [0.1, 0.15) is 24.8 Å². The molecule has 0 fully saturated rings. The summed E-state index contributed by atoms with van der Waals surface area (Å²) in [5, 5.41) is 7.02. The molecule has 0 unspecified atom stereocenters. The van der Waals surface area contributed by atoms with Crippen LogP contribution < -0.4 is 10.6 Å². The van der Waals surface area contributed by atoms with Gasteiger partial charge in [0.15, 0.2) is 0 Å². The fourth-order valence-corrected chi connectivity index (χ4v) is 4.11. The summed E-state index contributed by atoms with van der Waals surface area (Å²) in [6.45, 7) is -0.206. The van der Waals surface area contributed by atoms with E-state index in [-0.39, 0.29) is 24.8 Å². The minimum absolute atomic E-state index is 0.114. The second kappa shape index (κ2) is 14.5. The van der Waals surface area contributed by atoms with Crippen molar-refractivity contribution in [3.05, 3.63) is 71.1 Å². The van der Waals surface area contributed by atoms with Gasteiger partial charge in [-0.3, -0.25) is 10.1 Å². The number of nitrogens with one attached hydrogen (secondary N) is 2. The number of alkyl halides is 2. The highest BCUT2D eigenvalue weighted by Gasteiger charge is 2.22. The van der Waals surface area contributed by atoms with Gasteiger partial charge in [-0.05, 0) is 67.1 Å². The first-order valence-electron chi connectivity index (χ1n) is 12.2. The number of hydrogen-bond acceptors (Lipinski definition) is 5. The second-order valence-corrected chi connectivity index (χ2v) is 9.18. The van der Waals surface area contributed by atoms with Crippen molar-refractivity contribution in [3.63, 3.8) is 0 Å². The lowest BCUT2D eigenvalue weighted by Gasteiger charge is -2.28. The third-order valence-electron chi connectivity index (χ3n) is 6.02. The van der Waals surface area contributed by atoms with E-state index < -0.39 is 30.9 Å². The topological polar surface area (TPSA) is 83.6 Å². The molecule has 0 radical (unpaired) electrons. The van der Waals surface area contributed by atoms with Crippen LogP contribution in [-0.2, 0) is 16.0 Å². The summed E-state index contributed by atoms with van der Waals surface area (Å²) >= 11 is 6.19. The van der Waals surface area contributed by atoms with Gasteiger partial charge in [-0.2, -0.15) is 0 Å². The van der Waals surface area contributed by atoms with Crippen molar-refractivity contribution in [2.75, 3.05) is 32.1 Å². The molecule has 3 rings (SSSR count). The van der Waals surface area contributed by atoms with Gasteiger partial charge in [0, 0.05) is 30.1 Å². The second-order valence-electron chi connectivity index (χ2n) is 8.77. The standard InChI is InChI=1S/C27H30ClF3N4O3/c1-35(26(36)11-9-18-5-2-3-7-23(18)28)22(6-4-12-32-16-24(30)31)17-38-27(37)34-25-14-20-13-21(29)10-8-19(20)15-33-25/h2-3,5,7-8,10,13-15,22,24,32H,4,6,9,11-12,16-17H2,1H3,(H,33,34,37)/t22-/m0/s1. The van der Waals surface area contributed by atoms with Crippen LogP contribution in [-0.4, -0.2) is 61.1 Å². The number of halogens is 4. The van der Waals surface area contributed by atoms with Crippen LogP contribution in [0.2, 0.25) is 5.02 Å². The summed E-state index contributed by atoms with van der Waals surface area (Å²) in [5.74, 6) is -0.395. The molecule has 1 heterocycles. The maximum absolute atomic E-state index is 13.5. The highest BCUT2D eigenvalue weighted by molar-refractivity contribution is 6.31. The molecule has 11 heteroatoms. The first-order chi connectivity index (χ1) is 18.2. The van der Waals surface area contributed by atoms with Crippen molar-refractivity contribution in [2.45, 2.75) is 38.2 Å². The van der Waals surface area contributed by atoms with Gasteiger partial charge in [-0.25, -0.2) is 22.9 Å². The van der Waals surface area contributed by atoms with E-state index in [1.54, 1.807) is 19.2 Å². The Labute approximate surface area is 224 Å². The number of likely N-dealkylation sites (N-methyl/N-ethyl adjacent to an activating group) is 1. The van der Waals surface area contributed by atoms with Crippen LogP contribution in [0, 0.1) is 5.82 Å². The summed E-state index contributed by atoms with van der Waals surface area (Å²) in [6.07, 6.45) is -0.178. The molecule has 2 aromatic carbocycles. The fourth-order valence-electron chi connectivity index (χ4n) is 3.88. The Bertz CT molecular complexity index is 1230. The summed E-state index contributed by atoms with van der Waals surface area (Å²) in [7, 11) is 1.62. The van der Waals surface area contributed by atoms with Crippen molar-refractivity contribution in [1.82, 2.24) is 15.2 Å². The Balaban J connectivity index is 1.58. The molecule has 0 aliphatic rings. The number of fused-ring (bicyclic) bond motifs is 1. The third kappa shape index (κ3) is 9.18. The number of carbonyl (C=O) groups excluding carboxylic acids is 2. The van der Waals surface area contributed by atoms with E-state index in [2.05, 4.69) is 15.6 Å². The Morgan fingerprint density at radius 1 is 1.13 bits per heavy atom. The Morgan fingerprint density at radius 3 is 2.68 bits per heavy atom. The summed E-state index contributed by atoms with van der Waals surface area (Å²) in [5.41, 5.74) is 0.849. The highest BCUT2D eigenvalue weighted by Crippen LogP contribution is 2.19. The lowest BCUT2D eigenvalue weighted by Crippen LogP contribution is -2.41. The maximum atomic E-state index is 13.5. The quantitative estimate of drug-likeness (QED) is 0.268. The van der Waals surface area contributed by atoms with Crippen molar-refractivity contribution in [3.8, 4) is 0 Å². The molecule has 38 heavy (non-hydrogen) atoms. The van der Waals surface area contributed by atoms with E-state index >= 15 is 0 Å². The molecule has 0 aliphatic heterocycles. The number of pyridine rings is 1. The monoisotopic (exact) mass is 550 g/mol. The minimum atomic E-state index is -2.45. The van der Waals surface area contributed by atoms with Crippen molar-refractivity contribution < 1.29 is 27.5 Å². The van der Waals surface area contributed by atoms with Gasteiger partial charge in [0.1, 0.15) is 18.2 Å². The first kappa shape index (κ1) is 29.2. The number of aryl methyl sites for hydroxylation is 1. The average molecular weight is 551 g/mol. The smallest absolute Gasteiger partial charge is 0.412 e. The Hall–Kier alpha value is -3.37. The van der Waals surface area contributed by atoms with Crippen molar-refractivity contribution in [1.29, 1.82) is 0 Å². The van der Waals surface area contributed by atoms with Gasteiger partial charge in [0.2, 0.25) is 5.91 Å². The molecule has 3 aromatic rings. The number of ether oxygens (including phenoxy) is 1. The number of benzene rings is 2. The van der Waals surface area contributed by atoms with E-state index in [0.29, 0.717) is 41.6 Å². The van der Waals surface area contributed by atoms with Crippen LogP contribution in [0.5, 0.6) is 0 Å². The van der Waals surface area contributed by atoms with Crippen LogP contribution >= 0.6 is 11.6 Å². The van der Waals surface area contributed by atoms with Gasteiger partial charge in [-0.15, -0.1) is 0 Å². The van der Waals surface area contributed by atoms with Gasteiger partial charge in [0.25, 0.3) is 6.43 Å². The molecular weight excluding hydrogens is 521 g/mol. The van der Waals surface area contributed by atoms with E-state index in [9.17, 15) is 22.8 Å². The molecule has 0 bridgehead atoms. The van der Waals surface area contributed by atoms with Crippen molar-refractivity contribution >= 4 is 40.2 Å². The van der Waals surface area contributed by atoms with Crippen LogP contribution in [0.25, 0.3) is 10.8 Å². The molecule has 1 aromatic heterocycles. The SMILES string of the molecule is CN(C(=O)CCc1ccccc1Cl)[C@@H](CCCNCC(F)F)COC(=O)Nc1cc2cc(F)ccc2cn1. The molecule has 2 amide bonds. The summed E-state index contributed by atoms with van der Waals surface area (Å²) in [6, 6.07) is 12.5. The van der Waals surface area contributed by atoms with Gasteiger partial charge in [-0.1, -0.05) is 29.8 Å². The molecule has 0 spiro atoms. The van der Waals surface area contributed by atoms with Crippen LogP contribution in [0.15, 0.2) is 54.7 Å². The third-order valence-corrected chi connectivity index (χ3v) is 6.39. The van der Waals surface area contributed by atoms with Crippen LogP contribution in [0.4, 0.5) is 23.8 Å². The molecule has 0 aliphatic carbocycles. The van der Waals surface area contributed by atoms with Gasteiger partial charge >= 0.3 is 6.09 Å². The van der Waals surface area contributed by atoms with Crippen molar-refractivity contribution in [2.24, 2.45) is 0 Å². The zero-order valence-electron chi connectivity index (χ0n) is 20.9. The molecule has 0 saturated carbocycles. The predicted molar refractivity (Wildman–Crippen MR) is 141 cm³/mol. The predicted octanol–water partition coefficient (Wildman–Crippen LogP) is 5.67. The maximum Gasteiger partial charge on any atom is 0.412 e. The number of rotatable bonds is 13. The number of hydrogen-bond donors (Lipinski definition) is 2. The lowest BCUT2D eigenvalue weighted by atomic mass is 10.1. The molecule has 0 saturated heterocycles. The summed E-state index contributed by atoms with van der Waals surface area (Å²) < 4.78 is 43.7. The van der Waals surface area contributed by atoms with E-state index in [1.807, 2.05) is 18.2 Å². The van der Waals surface area contributed by atoms with Gasteiger partial charge < -0.3 is 15.0 Å². The zero-order valence-corrected chi connectivity index (χ0v) is 21.7. The summed E-state index contributed by atoms with van der Waals surface area (Å²) in [4.78, 5) is 31.0. The number of anilines is 1. The normalized spacial score (nSPS) is 11.9. The number of carbonyl (C=O) groups is 2. The zero-order chi connectivity index (χ0) is 27.5. The number of aromatic nitrogens is 1.